The minimum absolute atomic E-state index is 0.0226. The van der Waals surface area contributed by atoms with Crippen molar-refractivity contribution in [2.24, 2.45) is 0 Å². The van der Waals surface area contributed by atoms with Crippen LogP contribution in [0.3, 0.4) is 0 Å². The molecule has 1 rings (SSSR count). The number of aliphatic hydroxyl groups is 1. The molecule has 5 heteroatoms. The van der Waals surface area contributed by atoms with Crippen molar-refractivity contribution in [3.05, 3.63) is 30.3 Å². The molecule has 0 fully saturated rings. The van der Waals surface area contributed by atoms with Crippen molar-refractivity contribution in [2.75, 3.05) is 26.9 Å². The van der Waals surface area contributed by atoms with Crippen molar-refractivity contribution in [3.63, 3.8) is 0 Å². The number of carbonyl (C=O) groups is 1. The fourth-order valence-corrected chi connectivity index (χ4v) is 1.63. The molecule has 1 amide bonds. The molecule has 1 aromatic carbocycles. The number of aliphatic hydroxyl groups excluding tert-OH is 1. The Balaban J connectivity index is 2.23. The second kappa shape index (κ2) is 9.35. The Bertz CT molecular complexity index is 350. The monoisotopic (exact) mass is 267 g/mol. The topological polar surface area (TPSA) is 67.8 Å². The van der Waals surface area contributed by atoms with E-state index in [1.54, 1.807) is 7.11 Å². The summed E-state index contributed by atoms with van der Waals surface area (Å²) in [7, 11) is 1.56. The van der Waals surface area contributed by atoms with Crippen LogP contribution in [-0.4, -0.2) is 44.0 Å². The Morgan fingerprint density at radius 2 is 2.11 bits per heavy atom. The Kier molecular flexibility index (Phi) is 7.62. The number of benzene rings is 1. The van der Waals surface area contributed by atoms with E-state index >= 15 is 0 Å². The summed E-state index contributed by atoms with van der Waals surface area (Å²) >= 11 is 0. The van der Waals surface area contributed by atoms with Crippen molar-refractivity contribution in [2.45, 2.75) is 18.9 Å². The molecule has 1 atom stereocenters. The van der Waals surface area contributed by atoms with Gasteiger partial charge < -0.3 is 19.9 Å². The molecule has 0 saturated heterocycles. The molecular formula is C14H21NO4. The molecule has 0 spiro atoms. The molecule has 0 aliphatic carbocycles. The Morgan fingerprint density at radius 1 is 1.37 bits per heavy atom. The summed E-state index contributed by atoms with van der Waals surface area (Å²) in [5.41, 5.74) is 0. The summed E-state index contributed by atoms with van der Waals surface area (Å²) in [5, 5.41) is 11.7. The molecule has 19 heavy (non-hydrogen) atoms. The van der Waals surface area contributed by atoms with E-state index in [0.29, 0.717) is 19.6 Å². The van der Waals surface area contributed by atoms with Gasteiger partial charge in [0.1, 0.15) is 5.75 Å². The zero-order chi connectivity index (χ0) is 13.9. The molecule has 0 heterocycles. The van der Waals surface area contributed by atoms with Gasteiger partial charge in [0.15, 0.2) is 0 Å². The van der Waals surface area contributed by atoms with E-state index in [9.17, 15) is 4.79 Å². The number of para-hydroxylation sites is 1. The number of rotatable bonds is 9. The van der Waals surface area contributed by atoms with Crippen LogP contribution < -0.4 is 10.1 Å². The Hall–Kier alpha value is -1.59. The van der Waals surface area contributed by atoms with E-state index < -0.39 is 0 Å². The number of nitrogens with one attached hydrogen (secondary N) is 1. The second-order valence-corrected chi connectivity index (χ2v) is 4.14. The molecule has 0 radical (unpaired) electrons. The van der Waals surface area contributed by atoms with Crippen molar-refractivity contribution >= 4 is 5.91 Å². The maximum atomic E-state index is 11.7. The number of hydrogen-bond acceptors (Lipinski definition) is 4. The van der Waals surface area contributed by atoms with Crippen molar-refractivity contribution in [3.8, 4) is 5.75 Å². The van der Waals surface area contributed by atoms with Gasteiger partial charge in [-0.3, -0.25) is 4.79 Å². The Morgan fingerprint density at radius 3 is 2.74 bits per heavy atom. The predicted molar refractivity (Wildman–Crippen MR) is 72.1 cm³/mol. The third kappa shape index (κ3) is 6.79. The minimum atomic E-state index is -0.153. The van der Waals surface area contributed by atoms with Gasteiger partial charge in [0.25, 0.3) is 0 Å². The molecule has 0 aromatic heterocycles. The van der Waals surface area contributed by atoms with Gasteiger partial charge >= 0.3 is 0 Å². The molecular weight excluding hydrogens is 246 g/mol. The predicted octanol–water partition coefficient (Wildman–Crippen LogP) is 0.969. The highest BCUT2D eigenvalue weighted by molar-refractivity contribution is 5.76. The first kappa shape index (κ1) is 15.5. The van der Waals surface area contributed by atoms with Crippen LogP contribution in [0.5, 0.6) is 5.75 Å². The highest BCUT2D eigenvalue weighted by Gasteiger charge is 2.11. The summed E-state index contributed by atoms with van der Waals surface area (Å²) in [6, 6.07) is 9.20. The standard InChI is InChI=1S/C14H21NO4/c1-18-11-12(7-9-16)15-14(17)8-10-19-13-5-3-2-4-6-13/h2-6,12,16H,7-11H2,1H3,(H,15,17). The average Bonchev–Trinajstić information content (AvgIpc) is 2.40. The number of amides is 1. The zero-order valence-electron chi connectivity index (χ0n) is 11.2. The average molecular weight is 267 g/mol. The molecule has 1 unspecified atom stereocenters. The van der Waals surface area contributed by atoms with Crippen LogP contribution in [0, 0.1) is 0 Å². The van der Waals surface area contributed by atoms with Crippen LogP contribution in [0.25, 0.3) is 0 Å². The summed E-state index contributed by atoms with van der Waals surface area (Å²) < 4.78 is 10.4. The molecule has 106 valence electrons. The maximum absolute atomic E-state index is 11.7. The van der Waals surface area contributed by atoms with E-state index in [0.717, 1.165) is 5.75 Å². The third-order valence-electron chi connectivity index (χ3n) is 2.55. The van der Waals surface area contributed by atoms with Crippen LogP contribution >= 0.6 is 0 Å². The van der Waals surface area contributed by atoms with E-state index in [1.165, 1.54) is 0 Å². The number of hydrogen-bond donors (Lipinski definition) is 2. The second-order valence-electron chi connectivity index (χ2n) is 4.14. The van der Waals surface area contributed by atoms with Crippen LogP contribution in [0.2, 0.25) is 0 Å². The normalized spacial score (nSPS) is 11.9. The first-order valence-corrected chi connectivity index (χ1v) is 6.33. The number of ether oxygens (including phenoxy) is 2. The van der Waals surface area contributed by atoms with Crippen molar-refractivity contribution < 1.29 is 19.4 Å². The van der Waals surface area contributed by atoms with Crippen LogP contribution in [0.4, 0.5) is 0 Å². The molecule has 0 aliphatic heterocycles. The highest BCUT2D eigenvalue weighted by atomic mass is 16.5. The molecule has 0 bridgehead atoms. The zero-order valence-corrected chi connectivity index (χ0v) is 11.2. The van der Waals surface area contributed by atoms with E-state index in [4.69, 9.17) is 14.6 Å². The largest absolute Gasteiger partial charge is 0.493 e. The lowest BCUT2D eigenvalue weighted by atomic mass is 10.2. The molecule has 1 aromatic rings. The lowest BCUT2D eigenvalue weighted by Crippen LogP contribution is -2.39. The lowest BCUT2D eigenvalue weighted by molar-refractivity contribution is -0.122. The summed E-state index contributed by atoms with van der Waals surface area (Å²) in [5.74, 6) is 0.644. The van der Waals surface area contributed by atoms with Gasteiger partial charge in [0.05, 0.1) is 25.7 Å². The fourth-order valence-electron chi connectivity index (χ4n) is 1.63. The van der Waals surface area contributed by atoms with Crippen LogP contribution in [-0.2, 0) is 9.53 Å². The summed E-state index contributed by atoms with van der Waals surface area (Å²) in [6.45, 7) is 0.745. The molecule has 0 saturated carbocycles. The van der Waals surface area contributed by atoms with Gasteiger partial charge in [-0.2, -0.15) is 0 Å². The number of carbonyl (C=O) groups excluding carboxylic acids is 1. The molecule has 0 aliphatic rings. The van der Waals surface area contributed by atoms with Gasteiger partial charge in [0.2, 0.25) is 5.91 Å². The molecule has 2 N–H and O–H groups in total. The first-order chi connectivity index (χ1) is 9.26. The quantitative estimate of drug-likeness (QED) is 0.699. The van der Waals surface area contributed by atoms with E-state index in [2.05, 4.69) is 5.32 Å². The maximum Gasteiger partial charge on any atom is 0.223 e. The minimum Gasteiger partial charge on any atom is -0.493 e. The third-order valence-corrected chi connectivity index (χ3v) is 2.55. The lowest BCUT2D eigenvalue weighted by Gasteiger charge is -2.16. The van der Waals surface area contributed by atoms with Crippen molar-refractivity contribution in [1.82, 2.24) is 5.32 Å². The van der Waals surface area contributed by atoms with Gasteiger partial charge in [-0.1, -0.05) is 18.2 Å². The molecule has 5 nitrogen and oxygen atoms in total. The van der Waals surface area contributed by atoms with Crippen LogP contribution in [0.1, 0.15) is 12.8 Å². The summed E-state index contributed by atoms with van der Waals surface area (Å²) in [6.07, 6.45) is 0.764. The van der Waals surface area contributed by atoms with Gasteiger partial charge in [-0.25, -0.2) is 0 Å². The smallest absolute Gasteiger partial charge is 0.223 e. The summed E-state index contributed by atoms with van der Waals surface area (Å²) in [4.78, 5) is 11.7. The van der Waals surface area contributed by atoms with Gasteiger partial charge in [-0.05, 0) is 18.6 Å². The van der Waals surface area contributed by atoms with E-state index in [1.807, 2.05) is 30.3 Å². The number of methoxy groups -OCH3 is 1. The van der Waals surface area contributed by atoms with Gasteiger partial charge in [0, 0.05) is 13.7 Å². The van der Waals surface area contributed by atoms with Crippen LogP contribution in [0.15, 0.2) is 30.3 Å². The first-order valence-electron chi connectivity index (χ1n) is 6.33. The van der Waals surface area contributed by atoms with Crippen molar-refractivity contribution in [1.29, 1.82) is 0 Å². The van der Waals surface area contributed by atoms with Gasteiger partial charge in [-0.15, -0.1) is 0 Å². The fraction of sp³-hybridized carbons (Fsp3) is 0.500. The highest BCUT2D eigenvalue weighted by Crippen LogP contribution is 2.08. The Labute approximate surface area is 113 Å². The SMILES string of the molecule is COCC(CCO)NC(=O)CCOc1ccccc1. The van der Waals surface area contributed by atoms with E-state index in [-0.39, 0.29) is 25.0 Å².